The van der Waals surface area contributed by atoms with E-state index in [0.29, 0.717) is 18.0 Å². The van der Waals surface area contributed by atoms with E-state index in [9.17, 15) is 9.18 Å². The van der Waals surface area contributed by atoms with Gasteiger partial charge in [0, 0.05) is 43.3 Å². The van der Waals surface area contributed by atoms with Crippen LogP contribution in [0.3, 0.4) is 0 Å². The fourth-order valence-corrected chi connectivity index (χ4v) is 4.88. The van der Waals surface area contributed by atoms with Crippen LogP contribution >= 0.6 is 0 Å². The van der Waals surface area contributed by atoms with Gasteiger partial charge in [0.2, 0.25) is 0 Å². The Morgan fingerprint density at radius 1 is 1.17 bits per heavy atom. The number of hydrazine groups is 1. The Morgan fingerprint density at radius 2 is 1.93 bits per heavy atom. The zero-order valence-corrected chi connectivity index (χ0v) is 17.7. The SMILES string of the molecule is CNCc1cc(C)c(C2CC3C(CN2)NNC3c2ccc(C(=O)NC)cc2)c(F)c1. The molecule has 0 radical (unpaired) electrons. The molecular weight excluding hydrogens is 381 g/mol. The van der Waals surface area contributed by atoms with Crippen molar-refractivity contribution in [3.05, 3.63) is 70.0 Å². The Bertz CT molecular complexity index is 893. The van der Waals surface area contributed by atoms with Gasteiger partial charge in [-0.05, 0) is 61.2 Å². The molecule has 0 aliphatic carbocycles. The van der Waals surface area contributed by atoms with E-state index < -0.39 is 0 Å². The van der Waals surface area contributed by atoms with Crippen LogP contribution in [0.2, 0.25) is 0 Å². The van der Waals surface area contributed by atoms with Gasteiger partial charge in [0.05, 0.1) is 6.04 Å². The first-order valence-electron chi connectivity index (χ1n) is 10.5. The maximum absolute atomic E-state index is 15.0. The van der Waals surface area contributed by atoms with Crippen LogP contribution in [0, 0.1) is 18.7 Å². The van der Waals surface area contributed by atoms with Crippen LogP contribution < -0.4 is 26.8 Å². The summed E-state index contributed by atoms with van der Waals surface area (Å²) < 4.78 is 15.0. The fraction of sp³-hybridized carbons (Fsp3) is 0.435. The summed E-state index contributed by atoms with van der Waals surface area (Å²) in [6.45, 7) is 3.42. The van der Waals surface area contributed by atoms with Crippen LogP contribution in [0.5, 0.6) is 0 Å². The lowest BCUT2D eigenvalue weighted by atomic mass is 9.79. The number of hydrogen-bond donors (Lipinski definition) is 5. The molecule has 5 N–H and O–H groups in total. The monoisotopic (exact) mass is 411 g/mol. The van der Waals surface area contributed by atoms with E-state index >= 15 is 0 Å². The van der Waals surface area contributed by atoms with Crippen molar-refractivity contribution in [2.75, 3.05) is 20.6 Å². The zero-order chi connectivity index (χ0) is 21.3. The van der Waals surface area contributed by atoms with Gasteiger partial charge in [0.25, 0.3) is 5.91 Å². The summed E-state index contributed by atoms with van der Waals surface area (Å²) in [5, 5.41) is 9.26. The lowest BCUT2D eigenvalue weighted by Crippen LogP contribution is -2.46. The molecular formula is C23H30FN5O. The van der Waals surface area contributed by atoms with Crippen molar-refractivity contribution in [2.24, 2.45) is 5.92 Å². The van der Waals surface area contributed by atoms with Crippen LogP contribution in [0.25, 0.3) is 0 Å². The second-order valence-corrected chi connectivity index (χ2v) is 8.27. The molecule has 0 bridgehead atoms. The largest absolute Gasteiger partial charge is 0.355 e. The summed E-state index contributed by atoms with van der Waals surface area (Å²) in [6.07, 6.45) is 0.829. The van der Waals surface area contributed by atoms with Crippen LogP contribution in [-0.2, 0) is 6.54 Å². The number of aryl methyl sites for hydroxylation is 1. The molecule has 2 aliphatic heterocycles. The molecule has 30 heavy (non-hydrogen) atoms. The van der Waals surface area contributed by atoms with Gasteiger partial charge < -0.3 is 16.0 Å². The van der Waals surface area contributed by atoms with Gasteiger partial charge in [-0.1, -0.05) is 18.2 Å². The summed E-state index contributed by atoms with van der Waals surface area (Å²) >= 11 is 0. The highest BCUT2D eigenvalue weighted by atomic mass is 19.1. The van der Waals surface area contributed by atoms with Crippen LogP contribution in [0.15, 0.2) is 36.4 Å². The summed E-state index contributed by atoms with van der Waals surface area (Å²) in [7, 11) is 3.50. The maximum Gasteiger partial charge on any atom is 0.251 e. The molecule has 1 amide bonds. The van der Waals surface area contributed by atoms with E-state index in [4.69, 9.17) is 0 Å². The van der Waals surface area contributed by atoms with E-state index in [-0.39, 0.29) is 29.8 Å². The third-order valence-corrected chi connectivity index (χ3v) is 6.35. The second-order valence-electron chi connectivity index (χ2n) is 8.27. The first-order valence-corrected chi connectivity index (χ1v) is 10.5. The molecule has 0 aromatic heterocycles. The number of piperidine rings is 1. The Kier molecular flexibility index (Phi) is 6.15. The summed E-state index contributed by atoms with van der Waals surface area (Å²) in [5.74, 6) is 0.0889. The number of carbonyl (C=O) groups is 1. The average Bonchev–Trinajstić information content (AvgIpc) is 3.16. The van der Waals surface area contributed by atoms with Crippen LogP contribution in [0.1, 0.15) is 51.1 Å². The van der Waals surface area contributed by atoms with Crippen LogP contribution in [0.4, 0.5) is 4.39 Å². The topological polar surface area (TPSA) is 77.2 Å². The predicted molar refractivity (Wildman–Crippen MR) is 115 cm³/mol. The van der Waals surface area contributed by atoms with Crippen molar-refractivity contribution in [1.29, 1.82) is 0 Å². The van der Waals surface area contributed by atoms with Crippen molar-refractivity contribution in [2.45, 2.75) is 38.0 Å². The molecule has 2 fully saturated rings. The third-order valence-electron chi connectivity index (χ3n) is 6.35. The highest BCUT2D eigenvalue weighted by Crippen LogP contribution is 2.39. The number of nitrogens with one attached hydrogen (secondary N) is 5. The Hall–Kier alpha value is -2.32. The molecule has 2 aliphatic rings. The number of amides is 1. The molecule has 0 saturated carbocycles. The molecule has 4 unspecified atom stereocenters. The summed E-state index contributed by atoms with van der Waals surface area (Å²) in [6, 6.07) is 11.8. The van der Waals surface area contributed by atoms with E-state index in [0.717, 1.165) is 35.2 Å². The van der Waals surface area contributed by atoms with Gasteiger partial charge in [-0.25, -0.2) is 9.82 Å². The molecule has 7 heteroatoms. The zero-order valence-electron chi connectivity index (χ0n) is 17.7. The van der Waals surface area contributed by atoms with E-state index in [2.05, 4.69) is 32.9 Å². The molecule has 6 nitrogen and oxygen atoms in total. The quantitative estimate of drug-likeness (QED) is 0.521. The number of carbonyl (C=O) groups excluding carboxylic acids is 1. The van der Waals surface area contributed by atoms with Crippen LogP contribution in [-0.4, -0.2) is 32.6 Å². The highest BCUT2D eigenvalue weighted by molar-refractivity contribution is 5.93. The molecule has 4 rings (SSSR count). The molecule has 2 heterocycles. The standard InChI is InChI=1S/C23H30FN5O/c1-13-8-14(11-25-2)9-18(24)21(13)19-10-17-20(12-27-19)28-29-22(17)15-4-6-16(7-5-15)23(30)26-3/h4-9,17,19-20,22,25,27-29H,10-12H2,1-3H3,(H,26,30). The van der Waals surface area contributed by atoms with Crippen molar-refractivity contribution in [3.63, 3.8) is 0 Å². The number of benzene rings is 2. The van der Waals surface area contributed by atoms with Gasteiger partial charge in [-0.2, -0.15) is 0 Å². The molecule has 2 aromatic carbocycles. The molecule has 2 saturated heterocycles. The van der Waals surface area contributed by atoms with Gasteiger partial charge in [-0.3, -0.25) is 10.2 Å². The number of fused-ring (bicyclic) bond motifs is 1. The predicted octanol–water partition coefficient (Wildman–Crippen LogP) is 2.08. The van der Waals surface area contributed by atoms with Crippen molar-refractivity contribution in [3.8, 4) is 0 Å². The normalized spacial score (nSPS) is 25.7. The lowest BCUT2D eigenvalue weighted by molar-refractivity contribution is 0.0963. The van der Waals surface area contributed by atoms with Gasteiger partial charge in [0.1, 0.15) is 5.82 Å². The van der Waals surface area contributed by atoms with Crippen molar-refractivity contribution >= 4 is 5.91 Å². The fourth-order valence-electron chi connectivity index (χ4n) is 4.88. The number of hydrogen-bond acceptors (Lipinski definition) is 5. The third kappa shape index (κ3) is 3.98. The first kappa shape index (κ1) is 20.9. The van der Waals surface area contributed by atoms with Gasteiger partial charge in [0.15, 0.2) is 0 Å². The first-order chi connectivity index (χ1) is 14.5. The summed E-state index contributed by atoms with van der Waals surface area (Å²) in [5.41, 5.74) is 11.3. The Labute approximate surface area is 177 Å². The molecule has 160 valence electrons. The highest BCUT2D eigenvalue weighted by Gasteiger charge is 2.42. The van der Waals surface area contributed by atoms with E-state index in [1.807, 2.05) is 38.2 Å². The molecule has 2 aromatic rings. The minimum absolute atomic E-state index is 0.0239. The lowest BCUT2D eigenvalue weighted by Gasteiger charge is -2.35. The summed E-state index contributed by atoms with van der Waals surface area (Å²) in [4.78, 5) is 11.8. The maximum atomic E-state index is 15.0. The van der Waals surface area contributed by atoms with Crippen molar-refractivity contribution < 1.29 is 9.18 Å². The Morgan fingerprint density at radius 3 is 2.60 bits per heavy atom. The second kappa shape index (κ2) is 8.81. The number of halogens is 1. The van der Waals surface area contributed by atoms with Gasteiger partial charge in [-0.15, -0.1) is 0 Å². The Balaban J connectivity index is 1.55. The molecule has 0 spiro atoms. The average molecular weight is 412 g/mol. The minimum Gasteiger partial charge on any atom is -0.355 e. The minimum atomic E-state index is -0.137. The molecule has 4 atom stereocenters. The van der Waals surface area contributed by atoms with E-state index in [1.165, 1.54) is 0 Å². The van der Waals surface area contributed by atoms with Crippen molar-refractivity contribution in [1.82, 2.24) is 26.8 Å². The van der Waals surface area contributed by atoms with Gasteiger partial charge >= 0.3 is 0 Å². The number of rotatable bonds is 5. The smallest absolute Gasteiger partial charge is 0.251 e. The van der Waals surface area contributed by atoms with E-state index in [1.54, 1.807) is 13.1 Å².